The minimum Gasteiger partial charge on any atom is -0.230 e. The largest absolute Gasteiger partial charge is 0.426 e. The Balaban J connectivity index is 2.29. The molecule has 0 heterocycles. The summed E-state index contributed by atoms with van der Waals surface area (Å²) >= 11 is 0. The highest BCUT2D eigenvalue weighted by molar-refractivity contribution is 5.32. The molecule has 1 atom stereocenters. The molecule has 136 valence electrons. The van der Waals surface area contributed by atoms with Crippen LogP contribution in [-0.4, -0.2) is 12.3 Å². The van der Waals surface area contributed by atoms with Crippen molar-refractivity contribution in [3.63, 3.8) is 0 Å². The Morgan fingerprint density at radius 1 is 0.958 bits per heavy atom. The Morgan fingerprint density at radius 3 is 1.96 bits per heavy atom. The van der Waals surface area contributed by atoms with Crippen LogP contribution in [0.3, 0.4) is 0 Å². The Hall–Kier alpha value is -1.20. The van der Waals surface area contributed by atoms with Crippen LogP contribution in [0, 0.1) is 0 Å². The fourth-order valence-electron chi connectivity index (χ4n) is 3.79. The Kier molecular flexibility index (Phi) is 5.55. The fourth-order valence-corrected chi connectivity index (χ4v) is 3.79. The highest BCUT2D eigenvalue weighted by Gasteiger charge is 2.57. The van der Waals surface area contributed by atoms with Gasteiger partial charge >= 0.3 is 12.1 Å². The average molecular weight is 352 g/mol. The number of hydrogen-bond donors (Lipinski definition) is 0. The van der Waals surface area contributed by atoms with Gasteiger partial charge in [0.15, 0.2) is 0 Å². The van der Waals surface area contributed by atoms with Gasteiger partial charge in [0.25, 0.3) is 6.17 Å². The summed E-state index contributed by atoms with van der Waals surface area (Å²) in [6.07, 6.45) is -2.79. The van der Waals surface area contributed by atoms with E-state index in [-0.39, 0.29) is 5.41 Å². The molecule has 0 N–H and O–H groups in total. The molecule has 2 rings (SSSR count). The van der Waals surface area contributed by atoms with E-state index < -0.39 is 23.8 Å². The standard InChI is InChI=1S/C18H22F6/c1-2-10-16(11-4-3-5-12-16)13-6-8-14(9-7-13)17(20,21)15(19)18(22,23)24/h6-9,15H,2-5,10-12H2,1H3. The van der Waals surface area contributed by atoms with Crippen LogP contribution >= 0.6 is 0 Å². The molecule has 1 saturated carbocycles. The van der Waals surface area contributed by atoms with Crippen LogP contribution in [0.2, 0.25) is 0 Å². The second-order valence-corrected chi connectivity index (χ2v) is 6.70. The van der Waals surface area contributed by atoms with Gasteiger partial charge in [0, 0.05) is 5.56 Å². The Labute approximate surface area is 138 Å². The third-order valence-corrected chi connectivity index (χ3v) is 5.03. The normalized spacial score (nSPS) is 20.0. The number of rotatable bonds is 5. The van der Waals surface area contributed by atoms with Crippen molar-refractivity contribution in [2.75, 3.05) is 0 Å². The van der Waals surface area contributed by atoms with Crippen LogP contribution in [0.25, 0.3) is 0 Å². The summed E-state index contributed by atoms with van der Waals surface area (Å²) < 4.78 is 77.6. The molecule has 6 heteroatoms. The summed E-state index contributed by atoms with van der Waals surface area (Å²) in [5, 5.41) is 0. The van der Waals surface area contributed by atoms with Gasteiger partial charge in [-0.3, -0.25) is 0 Å². The fraction of sp³-hybridized carbons (Fsp3) is 0.667. The third kappa shape index (κ3) is 3.72. The molecule has 1 aromatic carbocycles. The summed E-state index contributed by atoms with van der Waals surface area (Å²) in [6.45, 7) is 2.05. The Bertz CT molecular complexity index is 520. The minimum absolute atomic E-state index is 0.0973. The van der Waals surface area contributed by atoms with Crippen LogP contribution in [0.15, 0.2) is 24.3 Å². The first-order valence-electron chi connectivity index (χ1n) is 8.33. The molecule has 0 amide bonds. The van der Waals surface area contributed by atoms with Crippen molar-refractivity contribution in [1.82, 2.24) is 0 Å². The zero-order valence-electron chi connectivity index (χ0n) is 13.6. The van der Waals surface area contributed by atoms with Crippen LogP contribution in [-0.2, 0) is 11.3 Å². The van der Waals surface area contributed by atoms with Gasteiger partial charge in [0.1, 0.15) is 0 Å². The van der Waals surface area contributed by atoms with Gasteiger partial charge in [0.2, 0.25) is 0 Å². The topological polar surface area (TPSA) is 0 Å². The van der Waals surface area contributed by atoms with Gasteiger partial charge in [-0.05, 0) is 30.2 Å². The molecule has 0 bridgehead atoms. The highest BCUT2D eigenvalue weighted by atomic mass is 19.4. The summed E-state index contributed by atoms with van der Waals surface area (Å²) in [6, 6.07) is 4.79. The molecule has 1 fully saturated rings. The molecule has 24 heavy (non-hydrogen) atoms. The van der Waals surface area contributed by atoms with E-state index in [1.165, 1.54) is 12.1 Å². The molecular formula is C18H22F6. The van der Waals surface area contributed by atoms with Crippen LogP contribution < -0.4 is 0 Å². The second-order valence-electron chi connectivity index (χ2n) is 6.70. The maximum absolute atomic E-state index is 13.8. The quantitative estimate of drug-likeness (QED) is 0.519. The van der Waals surface area contributed by atoms with Crippen LogP contribution in [0.4, 0.5) is 26.3 Å². The molecule has 0 saturated heterocycles. The van der Waals surface area contributed by atoms with Gasteiger partial charge in [-0.25, -0.2) is 4.39 Å². The first-order chi connectivity index (χ1) is 11.1. The van der Waals surface area contributed by atoms with Crippen LogP contribution in [0.5, 0.6) is 0 Å². The Morgan fingerprint density at radius 2 is 1.50 bits per heavy atom. The van der Waals surface area contributed by atoms with Crippen molar-refractivity contribution in [2.24, 2.45) is 0 Å². The van der Waals surface area contributed by atoms with Gasteiger partial charge in [-0.15, -0.1) is 0 Å². The summed E-state index contributed by atoms with van der Waals surface area (Å²) in [5.74, 6) is -4.58. The van der Waals surface area contributed by atoms with E-state index in [4.69, 9.17) is 0 Å². The van der Waals surface area contributed by atoms with E-state index in [2.05, 4.69) is 6.92 Å². The van der Waals surface area contributed by atoms with Gasteiger partial charge in [-0.2, -0.15) is 22.0 Å². The van der Waals surface area contributed by atoms with Crippen molar-refractivity contribution in [1.29, 1.82) is 0 Å². The smallest absolute Gasteiger partial charge is 0.230 e. The molecule has 0 aromatic heterocycles. The van der Waals surface area contributed by atoms with E-state index in [9.17, 15) is 26.3 Å². The number of benzene rings is 1. The molecular weight excluding hydrogens is 330 g/mol. The molecule has 1 unspecified atom stereocenters. The minimum atomic E-state index is -5.59. The predicted octanol–water partition coefficient (Wildman–Crippen LogP) is 6.68. The van der Waals surface area contributed by atoms with Crippen molar-refractivity contribution >= 4 is 0 Å². The lowest BCUT2D eigenvalue weighted by Gasteiger charge is -2.38. The predicted molar refractivity (Wildman–Crippen MR) is 81.0 cm³/mol. The van der Waals surface area contributed by atoms with Crippen molar-refractivity contribution in [3.05, 3.63) is 35.4 Å². The van der Waals surface area contributed by atoms with Gasteiger partial charge in [0.05, 0.1) is 0 Å². The molecule has 1 aromatic rings. The van der Waals surface area contributed by atoms with E-state index >= 15 is 0 Å². The first kappa shape index (κ1) is 19.1. The van der Waals surface area contributed by atoms with Crippen molar-refractivity contribution in [3.8, 4) is 0 Å². The molecule has 0 radical (unpaired) electrons. The number of hydrogen-bond acceptors (Lipinski definition) is 0. The highest BCUT2D eigenvalue weighted by Crippen LogP contribution is 2.45. The molecule has 0 spiro atoms. The van der Waals surface area contributed by atoms with Gasteiger partial charge in [-0.1, -0.05) is 56.9 Å². The monoisotopic (exact) mass is 352 g/mol. The van der Waals surface area contributed by atoms with E-state index in [0.29, 0.717) is 0 Å². The van der Waals surface area contributed by atoms with E-state index in [0.717, 1.165) is 62.6 Å². The maximum Gasteiger partial charge on any atom is 0.426 e. The lowest BCUT2D eigenvalue weighted by Crippen LogP contribution is -2.39. The third-order valence-electron chi connectivity index (χ3n) is 5.03. The molecule has 1 aliphatic carbocycles. The molecule has 0 nitrogen and oxygen atoms in total. The first-order valence-corrected chi connectivity index (χ1v) is 8.33. The SMILES string of the molecule is CCCC1(c2ccc(C(F)(F)C(F)C(F)(F)F)cc2)CCCCC1. The summed E-state index contributed by atoms with van der Waals surface area (Å²) in [5.41, 5.74) is -0.162. The lowest BCUT2D eigenvalue weighted by molar-refractivity contribution is -0.248. The average Bonchev–Trinajstić information content (AvgIpc) is 2.54. The molecule has 1 aliphatic rings. The van der Waals surface area contributed by atoms with Crippen molar-refractivity contribution < 1.29 is 26.3 Å². The number of halogens is 6. The van der Waals surface area contributed by atoms with E-state index in [1.54, 1.807) is 0 Å². The summed E-state index contributed by atoms with van der Waals surface area (Å²) in [7, 11) is 0. The molecule has 0 aliphatic heterocycles. The van der Waals surface area contributed by atoms with Crippen molar-refractivity contribution in [2.45, 2.75) is 75.6 Å². The van der Waals surface area contributed by atoms with E-state index in [1.807, 2.05) is 0 Å². The zero-order valence-corrected chi connectivity index (χ0v) is 13.6. The second kappa shape index (κ2) is 6.96. The maximum atomic E-state index is 13.8. The lowest BCUT2D eigenvalue weighted by atomic mass is 9.67. The number of alkyl halides is 6. The van der Waals surface area contributed by atoms with Gasteiger partial charge < -0.3 is 0 Å². The summed E-state index contributed by atoms with van der Waals surface area (Å²) in [4.78, 5) is 0. The van der Waals surface area contributed by atoms with Crippen LogP contribution in [0.1, 0.15) is 63.0 Å². The zero-order chi connectivity index (χ0) is 18.0.